The molecule has 16 nitrogen and oxygen atoms in total. The van der Waals surface area contributed by atoms with Crippen LogP contribution < -0.4 is 36.2 Å². The van der Waals surface area contributed by atoms with Crippen molar-refractivity contribution in [3.63, 3.8) is 0 Å². The van der Waals surface area contributed by atoms with Gasteiger partial charge in [-0.05, 0) is 93.1 Å². The minimum Gasteiger partial charge on any atom is -0.494 e. The Hall–Kier alpha value is -7.02. The van der Waals surface area contributed by atoms with E-state index in [4.69, 9.17) is 16.3 Å². The molecule has 1 aromatic heterocycles. The molecule has 378 valence electrons. The summed E-state index contributed by atoms with van der Waals surface area (Å²) in [6, 6.07) is 26.2. The largest absolute Gasteiger partial charge is 0.494 e. The van der Waals surface area contributed by atoms with E-state index in [2.05, 4.69) is 57.8 Å². The molecule has 18 heteroatoms. The van der Waals surface area contributed by atoms with E-state index in [9.17, 15) is 23.7 Å². The van der Waals surface area contributed by atoms with Gasteiger partial charge in [-0.3, -0.25) is 29.4 Å². The standard InChI is InChI=1S/C55H60ClN10O6P/c1-72-48-34-47(44(58-50(67)22-20-37-13-6-4-7-14-37)33-45(48)60-55-57-35-42(56)52(62-55)59-43-18-9-10-19-49(43)73(2,3)71)65-27-24-39(25-28-65)64-31-29-63(30-32-64)26-11-5-8-15-38-16-12-17-40-41(38)36-66(54(40)70)46-21-23-51(68)61-53(46)69/h4,6-7,9-10,12-14,16-20,22,33-35,39,46H,5,11,21,23-32,36H2,1-3H3,(H,58,67)(H,61,68,69)(H2,57,59,60,62)/b22-20+. The SMILES string of the molecule is COc1cc(N2CCC(N3CCN(CCCC#Cc4cccc5c4CN(C4CCC(=O)NC4=O)C5=O)CC3)CC2)c(NC(=O)/C=C/c2ccccc2)cc1Nc1ncc(Cl)c(Nc2ccccc2P(C)(C)=O)n1. The fraction of sp³-hybridized carbons (Fsp3) is 0.345. The first-order valence-electron chi connectivity index (χ1n) is 24.8. The summed E-state index contributed by atoms with van der Waals surface area (Å²) in [6.07, 6.45) is 8.93. The van der Waals surface area contributed by atoms with Gasteiger partial charge in [0.15, 0.2) is 5.82 Å². The number of methoxy groups -OCH3 is 1. The van der Waals surface area contributed by atoms with Gasteiger partial charge in [-0.1, -0.05) is 72.0 Å². The zero-order chi connectivity index (χ0) is 51.1. The molecule has 1 atom stereocenters. The summed E-state index contributed by atoms with van der Waals surface area (Å²) in [5.41, 5.74) is 5.75. The van der Waals surface area contributed by atoms with Gasteiger partial charge in [0, 0.05) is 93.3 Å². The fourth-order valence-electron chi connectivity index (χ4n) is 10.00. The average molecular weight is 1020 g/mol. The molecule has 4 aliphatic rings. The molecule has 4 N–H and O–H groups in total. The molecular weight excluding hydrogens is 963 g/mol. The number of unbranched alkanes of at least 4 members (excludes halogenated alkanes) is 1. The zero-order valence-corrected chi connectivity index (χ0v) is 43.0. The first kappa shape index (κ1) is 50.9. The number of amides is 4. The third kappa shape index (κ3) is 12.3. The lowest BCUT2D eigenvalue weighted by molar-refractivity contribution is -0.137. The van der Waals surface area contributed by atoms with Crippen LogP contribution in [0.2, 0.25) is 5.02 Å². The van der Waals surface area contributed by atoms with E-state index < -0.39 is 19.1 Å². The molecule has 0 radical (unpaired) electrons. The van der Waals surface area contributed by atoms with Crippen molar-refractivity contribution in [1.82, 2.24) is 30.0 Å². The Morgan fingerprint density at radius 1 is 0.904 bits per heavy atom. The predicted octanol–water partition coefficient (Wildman–Crippen LogP) is 7.71. The molecule has 73 heavy (non-hydrogen) atoms. The van der Waals surface area contributed by atoms with Crippen LogP contribution in [-0.4, -0.2) is 127 Å². The maximum absolute atomic E-state index is 13.6. The quantitative estimate of drug-likeness (QED) is 0.0264. The first-order valence-corrected chi connectivity index (χ1v) is 27.7. The zero-order valence-electron chi connectivity index (χ0n) is 41.3. The van der Waals surface area contributed by atoms with Gasteiger partial charge in [0.1, 0.15) is 24.0 Å². The maximum atomic E-state index is 13.6. The lowest BCUT2D eigenvalue weighted by Crippen LogP contribution is -2.53. The van der Waals surface area contributed by atoms with Crippen molar-refractivity contribution in [2.24, 2.45) is 0 Å². The molecule has 0 saturated carbocycles. The van der Waals surface area contributed by atoms with Crippen molar-refractivity contribution in [3.8, 4) is 17.6 Å². The number of fused-ring (bicyclic) bond motifs is 1. The van der Waals surface area contributed by atoms with E-state index in [0.717, 1.165) is 93.9 Å². The number of carbonyl (C=O) groups excluding carboxylic acids is 4. The lowest BCUT2D eigenvalue weighted by Gasteiger charge is -2.43. The number of ether oxygens (including phenoxy) is 1. The average Bonchev–Trinajstić information content (AvgIpc) is 3.73. The van der Waals surface area contributed by atoms with Gasteiger partial charge >= 0.3 is 0 Å². The number of imide groups is 1. The van der Waals surface area contributed by atoms with Gasteiger partial charge in [0.05, 0.1) is 36.1 Å². The van der Waals surface area contributed by atoms with E-state index in [1.165, 1.54) is 12.3 Å². The molecule has 0 spiro atoms. The van der Waals surface area contributed by atoms with Crippen molar-refractivity contribution >= 4 is 88.3 Å². The van der Waals surface area contributed by atoms with Crippen LogP contribution in [0, 0.1) is 11.8 Å². The van der Waals surface area contributed by atoms with Gasteiger partial charge in [0.2, 0.25) is 23.7 Å². The van der Waals surface area contributed by atoms with Crippen molar-refractivity contribution in [3.05, 3.63) is 124 Å². The third-order valence-corrected chi connectivity index (χ3v) is 15.7. The molecule has 4 amide bonds. The van der Waals surface area contributed by atoms with Crippen LogP contribution in [0.5, 0.6) is 5.75 Å². The molecule has 5 heterocycles. The lowest BCUT2D eigenvalue weighted by atomic mass is 10.0. The molecule has 1 unspecified atom stereocenters. The fourth-order valence-corrected chi connectivity index (χ4v) is 11.3. The number of halogens is 1. The molecule has 0 aliphatic carbocycles. The second-order valence-corrected chi connectivity index (χ2v) is 22.6. The second kappa shape index (κ2) is 22.8. The summed E-state index contributed by atoms with van der Waals surface area (Å²) in [6.45, 7) is 10.2. The number of carbonyl (C=O) groups is 4. The molecule has 4 aromatic carbocycles. The van der Waals surface area contributed by atoms with E-state index in [1.54, 1.807) is 37.5 Å². The van der Waals surface area contributed by atoms with E-state index in [-0.39, 0.29) is 35.1 Å². The van der Waals surface area contributed by atoms with Crippen LogP contribution in [0.3, 0.4) is 0 Å². The highest BCUT2D eigenvalue weighted by Crippen LogP contribution is 2.41. The predicted molar refractivity (Wildman–Crippen MR) is 288 cm³/mol. The van der Waals surface area contributed by atoms with Crippen LogP contribution >= 0.6 is 18.7 Å². The first-order chi connectivity index (χ1) is 35.3. The summed E-state index contributed by atoms with van der Waals surface area (Å²) in [4.78, 5) is 69.2. The van der Waals surface area contributed by atoms with Crippen LogP contribution in [0.4, 0.5) is 34.5 Å². The molecule has 0 bridgehead atoms. The van der Waals surface area contributed by atoms with E-state index >= 15 is 0 Å². The molecular formula is C55H60ClN10O6P. The molecule has 9 rings (SSSR count). The number of nitrogens with one attached hydrogen (secondary N) is 4. The summed E-state index contributed by atoms with van der Waals surface area (Å²) in [5, 5.41) is 13.0. The Balaban J connectivity index is 0.813. The number of benzene rings is 4. The smallest absolute Gasteiger partial charge is 0.255 e. The highest BCUT2D eigenvalue weighted by atomic mass is 35.5. The number of piperidine rings is 2. The molecule has 3 fully saturated rings. The summed E-state index contributed by atoms with van der Waals surface area (Å²) in [5.74, 6) is 6.54. The minimum atomic E-state index is -2.63. The number of hydrogen-bond donors (Lipinski definition) is 4. The molecule has 5 aromatic rings. The Kier molecular flexibility index (Phi) is 15.9. The Labute approximate surface area is 431 Å². The number of piperazine rings is 1. The molecule has 3 saturated heterocycles. The number of hydrogen-bond acceptors (Lipinski definition) is 13. The Bertz CT molecular complexity index is 3030. The van der Waals surface area contributed by atoms with Gasteiger partial charge < -0.3 is 40.0 Å². The van der Waals surface area contributed by atoms with Gasteiger partial charge in [-0.25, -0.2) is 4.98 Å². The van der Waals surface area contributed by atoms with Gasteiger partial charge in [-0.15, -0.1) is 0 Å². The monoisotopic (exact) mass is 1020 g/mol. The van der Waals surface area contributed by atoms with E-state index in [1.807, 2.05) is 78.9 Å². The third-order valence-electron chi connectivity index (χ3n) is 13.8. The van der Waals surface area contributed by atoms with Crippen LogP contribution in [-0.2, 0) is 25.5 Å². The van der Waals surface area contributed by atoms with Gasteiger partial charge in [-0.2, -0.15) is 4.98 Å². The number of nitrogens with zero attached hydrogens (tertiary/aromatic N) is 6. The minimum absolute atomic E-state index is 0.192. The number of para-hydroxylation sites is 1. The summed E-state index contributed by atoms with van der Waals surface area (Å²) >= 11 is 6.59. The maximum Gasteiger partial charge on any atom is 0.255 e. The summed E-state index contributed by atoms with van der Waals surface area (Å²) < 4.78 is 19.1. The van der Waals surface area contributed by atoms with Crippen LogP contribution in [0.25, 0.3) is 6.08 Å². The van der Waals surface area contributed by atoms with Crippen molar-refractivity contribution in [2.75, 3.05) is 87.1 Å². The molecule has 4 aliphatic heterocycles. The van der Waals surface area contributed by atoms with Crippen LogP contribution in [0.15, 0.2) is 97.2 Å². The van der Waals surface area contributed by atoms with Gasteiger partial charge in [0.25, 0.3) is 5.91 Å². The Morgan fingerprint density at radius 2 is 1.67 bits per heavy atom. The van der Waals surface area contributed by atoms with Crippen molar-refractivity contribution in [2.45, 2.75) is 57.2 Å². The second-order valence-electron chi connectivity index (χ2n) is 19.0. The highest BCUT2D eigenvalue weighted by Gasteiger charge is 2.40. The number of anilines is 6. The number of aromatic nitrogens is 2. The highest BCUT2D eigenvalue weighted by molar-refractivity contribution is 7.70. The Morgan fingerprint density at radius 3 is 2.42 bits per heavy atom. The topological polar surface area (TPSA) is 181 Å². The van der Waals surface area contributed by atoms with Crippen LogP contribution in [0.1, 0.15) is 65.6 Å². The number of rotatable bonds is 15. The summed E-state index contributed by atoms with van der Waals surface area (Å²) in [7, 11) is -1.02. The van der Waals surface area contributed by atoms with E-state index in [0.29, 0.717) is 58.5 Å². The van der Waals surface area contributed by atoms with Crippen molar-refractivity contribution < 1.29 is 28.5 Å². The van der Waals surface area contributed by atoms with Crippen molar-refractivity contribution in [1.29, 1.82) is 0 Å². The normalized spacial score (nSPS) is 17.8.